The van der Waals surface area contributed by atoms with E-state index >= 15 is 0 Å². The van der Waals surface area contributed by atoms with Gasteiger partial charge in [-0.25, -0.2) is 14.4 Å². The Hall–Kier alpha value is -3.55. The summed E-state index contributed by atoms with van der Waals surface area (Å²) in [7, 11) is 0. The monoisotopic (exact) mass is 517 g/mol. The molecule has 0 bridgehead atoms. The van der Waals surface area contributed by atoms with Crippen LogP contribution in [0.4, 0.5) is 0 Å². The predicted octanol–water partition coefficient (Wildman–Crippen LogP) is -0.125. The van der Waals surface area contributed by atoms with Crippen LogP contribution in [-0.4, -0.2) is 83.4 Å². The molecule has 1 saturated heterocycles. The van der Waals surface area contributed by atoms with Gasteiger partial charge in [0.2, 0.25) is 12.2 Å². The van der Waals surface area contributed by atoms with Gasteiger partial charge in [0.1, 0.15) is 0 Å². The molecule has 3 atom stereocenters. The number of rotatable bonds is 15. The molecular weight excluding hydrogens is 486 g/mol. The van der Waals surface area contributed by atoms with Gasteiger partial charge in [0.25, 0.3) is 11.8 Å². The van der Waals surface area contributed by atoms with Gasteiger partial charge in [-0.15, -0.1) is 5.06 Å². The fraction of sp³-hybridized carbons (Fsp3) is 0.682. The van der Waals surface area contributed by atoms with Gasteiger partial charge >= 0.3 is 29.8 Å². The number of ether oxygens (including phenoxy) is 4. The summed E-state index contributed by atoms with van der Waals surface area (Å²) >= 11 is 0. The first-order chi connectivity index (χ1) is 17.0. The zero-order valence-electron chi connectivity index (χ0n) is 20.4. The Morgan fingerprint density at radius 2 is 1.42 bits per heavy atom. The number of hydrogen-bond acceptors (Lipinski definition) is 13. The molecule has 1 heterocycles. The molecule has 0 aliphatic carbocycles. The minimum Gasteiger partial charge on any atom is -0.466 e. The number of carbonyl (C=O) groups excluding carboxylic acids is 7. The van der Waals surface area contributed by atoms with E-state index < -0.39 is 66.4 Å². The molecule has 0 aromatic rings. The van der Waals surface area contributed by atoms with Crippen LogP contribution in [0, 0.1) is 0 Å². The van der Waals surface area contributed by atoms with E-state index in [4.69, 9.17) is 14.2 Å². The molecule has 0 aromatic carbocycles. The summed E-state index contributed by atoms with van der Waals surface area (Å²) in [6.45, 7) is 4.59. The van der Waals surface area contributed by atoms with Crippen LogP contribution in [0.15, 0.2) is 0 Å². The van der Waals surface area contributed by atoms with E-state index in [-0.39, 0.29) is 31.1 Å². The minimum atomic E-state index is -2.55. The molecule has 14 heteroatoms. The lowest BCUT2D eigenvalue weighted by molar-refractivity contribution is -0.212. The molecule has 202 valence electrons. The topological polar surface area (TPSA) is 189 Å². The minimum absolute atomic E-state index is 0.0306. The first-order valence-electron chi connectivity index (χ1n) is 11.5. The van der Waals surface area contributed by atoms with Crippen LogP contribution in [0.3, 0.4) is 0 Å². The van der Waals surface area contributed by atoms with Crippen molar-refractivity contribution in [3.8, 4) is 0 Å². The van der Waals surface area contributed by atoms with Gasteiger partial charge in [-0.2, -0.15) is 0 Å². The SMILES string of the molecule is CCCCOC(=O)C[C@H](OC(=O)[C@H](O)[C@@H](OC(C)=O)C(=O)ON1C(=O)CCC1=O)C(=O)OCCCC. The molecule has 1 fully saturated rings. The van der Waals surface area contributed by atoms with Gasteiger partial charge in [-0.05, 0) is 12.8 Å². The van der Waals surface area contributed by atoms with E-state index in [2.05, 4.69) is 9.57 Å². The molecule has 14 nitrogen and oxygen atoms in total. The Morgan fingerprint density at radius 3 is 1.94 bits per heavy atom. The van der Waals surface area contributed by atoms with Crippen molar-refractivity contribution in [2.24, 2.45) is 0 Å². The van der Waals surface area contributed by atoms with Crippen molar-refractivity contribution in [2.45, 2.75) is 84.0 Å². The highest BCUT2D eigenvalue weighted by molar-refractivity contribution is 6.02. The first kappa shape index (κ1) is 30.5. The lowest BCUT2D eigenvalue weighted by Gasteiger charge is -2.23. The molecule has 1 aliphatic heterocycles. The standard InChI is InChI=1S/C22H31NO13/c1-4-6-10-32-17(27)12-14(20(29)33-11-7-5-2)35-21(30)18(28)19(34-13(3)24)22(31)36-23-15(25)8-9-16(23)26/h14,18-19,28H,4-12H2,1-3H3/t14-,18+,19+/m0/s1. The molecular formula is C22H31NO13. The highest BCUT2D eigenvalue weighted by Gasteiger charge is 2.43. The maximum absolute atomic E-state index is 12.5. The Kier molecular flexibility index (Phi) is 13.1. The van der Waals surface area contributed by atoms with Gasteiger partial charge in [0.15, 0.2) is 6.10 Å². The quantitative estimate of drug-likeness (QED) is 0.131. The molecule has 1 aliphatic rings. The van der Waals surface area contributed by atoms with Crippen molar-refractivity contribution in [1.82, 2.24) is 5.06 Å². The van der Waals surface area contributed by atoms with Gasteiger partial charge in [-0.3, -0.25) is 19.2 Å². The van der Waals surface area contributed by atoms with Crippen molar-refractivity contribution in [2.75, 3.05) is 13.2 Å². The zero-order valence-corrected chi connectivity index (χ0v) is 20.4. The lowest BCUT2D eigenvalue weighted by Crippen LogP contribution is -2.48. The van der Waals surface area contributed by atoms with Gasteiger partial charge in [0, 0.05) is 19.8 Å². The summed E-state index contributed by atoms with van der Waals surface area (Å²) in [5.74, 6) is -8.10. The largest absolute Gasteiger partial charge is 0.466 e. The molecule has 0 unspecified atom stereocenters. The number of aliphatic hydroxyl groups excluding tert-OH is 1. The Labute approximate surface area is 207 Å². The number of esters is 4. The van der Waals surface area contributed by atoms with Crippen molar-refractivity contribution >= 4 is 41.7 Å². The van der Waals surface area contributed by atoms with Gasteiger partial charge < -0.3 is 28.9 Å². The average molecular weight is 517 g/mol. The van der Waals surface area contributed by atoms with Crippen LogP contribution in [0.5, 0.6) is 0 Å². The van der Waals surface area contributed by atoms with E-state index in [1.165, 1.54) is 0 Å². The highest BCUT2D eigenvalue weighted by atomic mass is 16.7. The van der Waals surface area contributed by atoms with Crippen LogP contribution in [0.1, 0.15) is 65.7 Å². The van der Waals surface area contributed by atoms with Crippen LogP contribution < -0.4 is 0 Å². The van der Waals surface area contributed by atoms with Crippen molar-refractivity contribution in [3.63, 3.8) is 0 Å². The van der Waals surface area contributed by atoms with E-state index in [1.54, 1.807) is 0 Å². The van der Waals surface area contributed by atoms with Crippen LogP contribution >= 0.6 is 0 Å². The molecule has 0 radical (unpaired) electrons. The van der Waals surface area contributed by atoms with E-state index in [0.29, 0.717) is 19.3 Å². The van der Waals surface area contributed by atoms with E-state index in [0.717, 1.165) is 13.3 Å². The Morgan fingerprint density at radius 1 is 0.861 bits per heavy atom. The van der Waals surface area contributed by atoms with Crippen molar-refractivity contribution in [3.05, 3.63) is 0 Å². The number of nitrogens with zero attached hydrogens (tertiary/aromatic N) is 1. The number of hydroxylamine groups is 2. The summed E-state index contributed by atoms with van der Waals surface area (Å²) in [4.78, 5) is 88.7. The normalized spacial score (nSPS) is 15.5. The Balaban J connectivity index is 2.97. The summed E-state index contributed by atoms with van der Waals surface area (Å²) in [5.41, 5.74) is 0. The molecule has 36 heavy (non-hydrogen) atoms. The highest BCUT2D eigenvalue weighted by Crippen LogP contribution is 2.16. The first-order valence-corrected chi connectivity index (χ1v) is 11.5. The number of carbonyl (C=O) groups is 7. The third-order valence-electron chi connectivity index (χ3n) is 4.62. The van der Waals surface area contributed by atoms with Crippen molar-refractivity contribution < 1.29 is 62.5 Å². The second-order valence-electron chi connectivity index (χ2n) is 7.69. The maximum atomic E-state index is 12.5. The fourth-order valence-corrected chi connectivity index (χ4v) is 2.68. The van der Waals surface area contributed by atoms with Crippen molar-refractivity contribution in [1.29, 1.82) is 0 Å². The molecule has 2 amide bonds. The van der Waals surface area contributed by atoms with E-state index in [9.17, 15) is 38.7 Å². The van der Waals surface area contributed by atoms with E-state index in [1.807, 2.05) is 13.8 Å². The summed E-state index contributed by atoms with van der Waals surface area (Å²) < 4.78 is 19.4. The number of imide groups is 1. The second kappa shape index (κ2) is 15.4. The third kappa shape index (κ3) is 9.98. The number of amides is 2. The molecule has 0 spiro atoms. The lowest BCUT2D eigenvalue weighted by atomic mass is 10.2. The average Bonchev–Trinajstić information content (AvgIpc) is 3.13. The number of aliphatic hydroxyl groups is 1. The second-order valence-corrected chi connectivity index (χ2v) is 7.69. The summed E-state index contributed by atoms with van der Waals surface area (Å²) in [5, 5.41) is 10.5. The summed E-state index contributed by atoms with van der Waals surface area (Å²) in [6, 6.07) is 0. The smallest absolute Gasteiger partial charge is 0.376 e. The van der Waals surface area contributed by atoms with Gasteiger partial charge in [-0.1, -0.05) is 26.7 Å². The number of unbranched alkanes of at least 4 members (excludes halogenated alkanes) is 2. The Bertz CT molecular complexity index is 824. The maximum Gasteiger partial charge on any atom is 0.376 e. The molecule has 0 saturated carbocycles. The predicted molar refractivity (Wildman–Crippen MR) is 115 cm³/mol. The zero-order chi connectivity index (χ0) is 27.3. The van der Waals surface area contributed by atoms with Gasteiger partial charge in [0.05, 0.1) is 19.6 Å². The van der Waals surface area contributed by atoms with Crippen LogP contribution in [0.25, 0.3) is 0 Å². The molecule has 1 rings (SSSR count). The molecule has 1 N–H and O–H groups in total. The van der Waals surface area contributed by atoms with Crippen LogP contribution in [0.2, 0.25) is 0 Å². The molecule has 0 aromatic heterocycles. The van der Waals surface area contributed by atoms with Crippen LogP contribution in [-0.2, 0) is 57.3 Å². The number of hydrogen-bond donors (Lipinski definition) is 1. The summed E-state index contributed by atoms with van der Waals surface area (Å²) in [6.07, 6.45) is -5.48. The fourth-order valence-electron chi connectivity index (χ4n) is 2.68. The third-order valence-corrected chi connectivity index (χ3v) is 4.62.